The topological polar surface area (TPSA) is 63.2 Å². The summed E-state index contributed by atoms with van der Waals surface area (Å²) in [4.78, 5) is 16.5. The zero-order valence-electron chi connectivity index (χ0n) is 11.8. The van der Waals surface area contributed by atoms with Crippen molar-refractivity contribution < 1.29 is 9.53 Å². The summed E-state index contributed by atoms with van der Waals surface area (Å²) in [6, 6.07) is 10.5. The van der Waals surface area contributed by atoms with Crippen molar-refractivity contribution in [1.82, 2.24) is 4.98 Å². The molecule has 0 saturated carbocycles. The van der Waals surface area contributed by atoms with E-state index in [0.717, 1.165) is 0 Å². The van der Waals surface area contributed by atoms with Gasteiger partial charge in [0.15, 0.2) is 0 Å². The molecule has 6 heteroatoms. The molecule has 0 spiro atoms. The summed E-state index contributed by atoms with van der Waals surface area (Å²) in [6.07, 6.45) is 0. The van der Waals surface area contributed by atoms with Gasteiger partial charge >= 0.3 is 0 Å². The summed E-state index contributed by atoms with van der Waals surface area (Å²) in [5.74, 6) is 0.793. The van der Waals surface area contributed by atoms with Crippen molar-refractivity contribution in [2.24, 2.45) is 0 Å². The van der Waals surface area contributed by atoms with Gasteiger partial charge in [0, 0.05) is 7.05 Å². The molecule has 2 rings (SSSR count). The van der Waals surface area contributed by atoms with Crippen molar-refractivity contribution in [2.45, 2.75) is 6.92 Å². The summed E-state index contributed by atoms with van der Waals surface area (Å²) < 4.78 is 5.47. The molecule has 21 heavy (non-hydrogen) atoms. The number of anilines is 2. The van der Waals surface area contributed by atoms with Crippen LogP contribution in [0.5, 0.6) is 5.75 Å². The van der Waals surface area contributed by atoms with Gasteiger partial charge in [0.1, 0.15) is 17.3 Å². The average Bonchev–Trinajstić information content (AvgIpc) is 2.50. The first-order chi connectivity index (χ1) is 10.2. The lowest BCUT2D eigenvalue weighted by atomic mass is 10.2. The normalized spacial score (nSPS) is 10.0. The van der Waals surface area contributed by atoms with Gasteiger partial charge in [0.05, 0.1) is 17.3 Å². The highest BCUT2D eigenvalue weighted by molar-refractivity contribution is 6.34. The lowest BCUT2D eigenvalue weighted by molar-refractivity contribution is 0.102. The van der Waals surface area contributed by atoms with E-state index < -0.39 is 0 Å². The van der Waals surface area contributed by atoms with Crippen molar-refractivity contribution in [1.29, 1.82) is 0 Å². The average molecular weight is 306 g/mol. The van der Waals surface area contributed by atoms with E-state index in [-0.39, 0.29) is 11.6 Å². The Hall–Kier alpha value is -2.27. The van der Waals surface area contributed by atoms with Crippen LogP contribution >= 0.6 is 11.6 Å². The molecule has 110 valence electrons. The third-order valence-corrected chi connectivity index (χ3v) is 3.06. The highest BCUT2D eigenvalue weighted by Gasteiger charge is 2.15. The molecule has 0 bridgehead atoms. The van der Waals surface area contributed by atoms with E-state index >= 15 is 0 Å². The van der Waals surface area contributed by atoms with Gasteiger partial charge in [0.25, 0.3) is 5.91 Å². The number of aromatic nitrogens is 1. The number of carbonyl (C=O) groups is 1. The van der Waals surface area contributed by atoms with Crippen molar-refractivity contribution in [3.63, 3.8) is 0 Å². The molecule has 0 radical (unpaired) electrons. The van der Waals surface area contributed by atoms with Gasteiger partial charge in [-0.2, -0.15) is 0 Å². The first-order valence-corrected chi connectivity index (χ1v) is 6.91. The largest absolute Gasteiger partial charge is 0.492 e. The molecule has 1 aromatic carbocycles. The molecule has 0 aliphatic heterocycles. The van der Waals surface area contributed by atoms with Crippen LogP contribution in [0.2, 0.25) is 5.02 Å². The smallest absolute Gasteiger partial charge is 0.276 e. The Morgan fingerprint density at radius 1 is 1.29 bits per heavy atom. The van der Waals surface area contributed by atoms with Crippen molar-refractivity contribution in [3.05, 3.63) is 47.1 Å². The first kappa shape index (κ1) is 15.1. The summed E-state index contributed by atoms with van der Waals surface area (Å²) >= 11 is 6.03. The first-order valence-electron chi connectivity index (χ1n) is 6.53. The second kappa shape index (κ2) is 6.95. The van der Waals surface area contributed by atoms with Crippen LogP contribution in [0.3, 0.4) is 0 Å². The van der Waals surface area contributed by atoms with Gasteiger partial charge in [-0.25, -0.2) is 4.98 Å². The molecular weight excluding hydrogens is 290 g/mol. The molecule has 1 aromatic heterocycles. The maximum atomic E-state index is 12.3. The number of pyridine rings is 1. The van der Waals surface area contributed by atoms with E-state index in [2.05, 4.69) is 15.6 Å². The molecule has 5 nitrogen and oxygen atoms in total. The fraction of sp³-hybridized carbons (Fsp3) is 0.200. The van der Waals surface area contributed by atoms with E-state index in [1.165, 1.54) is 0 Å². The second-order valence-corrected chi connectivity index (χ2v) is 4.57. The zero-order valence-corrected chi connectivity index (χ0v) is 12.6. The molecule has 0 aliphatic rings. The van der Waals surface area contributed by atoms with Crippen molar-refractivity contribution in [2.75, 3.05) is 24.3 Å². The van der Waals surface area contributed by atoms with Crippen molar-refractivity contribution >= 4 is 29.0 Å². The van der Waals surface area contributed by atoms with Gasteiger partial charge in [-0.1, -0.05) is 23.7 Å². The van der Waals surface area contributed by atoms with E-state index in [9.17, 15) is 4.79 Å². The minimum atomic E-state index is -0.385. The predicted molar refractivity (Wildman–Crippen MR) is 84.4 cm³/mol. The fourth-order valence-electron chi connectivity index (χ4n) is 1.77. The number of hydrogen-bond donors (Lipinski definition) is 2. The Balaban J connectivity index is 2.26. The molecule has 0 aliphatic carbocycles. The second-order valence-electron chi connectivity index (χ2n) is 4.16. The standard InChI is InChI=1S/C15H16ClN3O2/c1-3-21-12-7-5-4-6-11(12)18-15(20)14-10(16)8-9-13(17-2)19-14/h4-9H,3H2,1-2H3,(H,17,19)(H,18,20). The molecule has 0 saturated heterocycles. The lowest BCUT2D eigenvalue weighted by Crippen LogP contribution is -2.15. The number of amides is 1. The summed E-state index contributed by atoms with van der Waals surface area (Å²) in [5, 5.41) is 5.93. The number of benzene rings is 1. The summed E-state index contributed by atoms with van der Waals surface area (Å²) in [5.41, 5.74) is 0.742. The maximum Gasteiger partial charge on any atom is 0.276 e. The Morgan fingerprint density at radius 2 is 2.05 bits per heavy atom. The fourth-order valence-corrected chi connectivity index (χ4v) is 1.96. The van der Waals surface area contributed by atoms with E-state index in [1.54, 1.807) is 31.3 Å². The van der Waals surface area contributed by atoms with E-state index in [4.69, 9.17) is 16.3 Å². The number of nitrogens with one attached hydrogen (secondary N) is 2. The maximum absolute atomic E-state index is 12.3. The third kappa shape index (κ3) is 3.64. The predicted octanol–water partition coefficient (Wildman–Crippen LogP) is 3.43. The summed E-state index contributed by atoms with van der Waals surface area (Å²) in [7, 11) is 1.72. The van der Waals surface area contributed by atoms with E-state index in [1.807, 2.05) is 19.1 Å². The van der Waals surface area contributed by atoms with Crippen LogP contribution in [-0.2, 0) is 0 Å². The van der Waals surface area contributed by atoms with Gasteiger partial charge in [-0.15, -0.1) is 0 Å². The number of halogens is 1. The molecule has 0 fully saturated rings. The Kier molecular flexibility index (Phi) is 5.00. The molecular formula is C15H16ClN3O2. The molecule has 0 atom stereocenters. The number of rotatable bonds is 5. The molecule has 2 aromatic rings. The number of nitrogens with zero attached hydrogens (tertiary/aromatic N) is 1. The highest BCUT2D eigenvalue weighted by atomic mass is 35.5. The van der Waals surface area contributed by atoms with Crippen LogP contribution in [0.4, 0.5) is 11.5 Å². The monoisotopic (exact) mass is 305 g/mol. The van der Waals surface area contributed by atoms with Crippen LogP contribution in [-0.4, -0.2) is 24.5 Å². The van der Waals surface area contributed by atoms with Crippen LogP contribution < -0.4 is 15.4 Å². The van der Waals surface area contributed by atoms with E-state index in [0.29, 0.717) is 28.9 Å². The van der Waals surface area contributed by atoms with Crippen LogP contribution in [0.1, 0.15) is 17.4 Å². The number of carbonyl (C=O) groups excluding carboxylic acids is 1. The molecule has 1 heterocycles. The van der Waals surface area contributed by atoms with Gasteiger partial charge < -0.3 is 15.4 Å². The zero-order chi connectivity index (χ0) is 15.2. The Bertz CT molecular complexity index is 647. The van der Waals surface area contributed by atoms with Gasteiger partial charge in [-0.05, 0) is 31.2 Å². The Labute approximate surface area is 128 Å². The van der Waals surface area contributed by atoms with Crippen LogP contribution in [0.15, 0.2) is 36.4 Å². The quantitative estimate of drug-likeness (QED) is 0.888. The number of hydrogen-bond acceptors (Lipinski definition) is 4. The number of ether oxygens (including phenoxy) is 1. The molecule has 0 unspecified atom stereocenters. The van der Waals surface area contributed by atoms with Crippen LogP contribution in [0, 0.1) is 0 Å². The van der Waals surface area contributed by atoms with Gasteiger partial charge in [0.2, 0.25) is 0 Å². The minimum absolute atomic E-state index is 0.162. The molecule has 1 amide bonds. The van der Waals surface area contributed by atoms with Crippen molar-refractivity contribution in [3.8, 4) is 5.75 Å². The van der Waals surface area contributed by atoms with Gasteiger partial charge in [-0.3, -0.25) is 4.79 Å². The third-order valence-electron chi connectivity index (χ3n) is 2.75. The van der Waals surface area contributed by atoms with Crippen LogP contribution in [0.25, 0.3) is 0 Å². The Morgan fingerprint density at radius 3 is 2.76 bits per heavy atom. The lowest BCUT2D eigenvalue weighted by Gasteiger charge is -2.12. The molecule has 2 N–H and O–H groups in total. The minimum Gasteiger partial charge on any atom is -0.492 e. The number of para-hydroxylation sites is 2. The SMILES string of the molecule is CCOc1ccccc1NC(=O)c1nc(NC)ccc1Cl. The highest BCUT2D eigenvalue weighted by Crippen LogP contribution is 2.25. The summed E-state index contributed by atoms with van der Waals surface area (Å²) in [6.45, 7) is 2.40.